The van der Waals surface area contributed by atoms with Crippen molar-refractivity contribution in [2.24, 2.45) is 0 Å². The van der Waals surface area contributed by atoms with Crippen LogP contribution in [0.1, 0.15) is 23.5 Å². The zero-order chi connectivity index (χ0) is 18.3. The molecule has 0 fully saturated rings. The van der Waals surface area contributed by atoms with Crippen LogP contribution in [-0.4, -0.2) is 37.7 Å². The van der Waals surface area contributed by atoms with Gasteiger partial charge in [0.05, 0.1) is 14.7 Å². The van der Waals surface area contributed by atoms with Crippen LogP contribution in [0, 0.1) is 0 Å². The summed E-state index contributed by atoms with van der Waals surface area (Å²) in [7, 11) is -1.48. The van der Waals surface area contributed by atoms with Gasteiger partial charge >= 0.3 is 0 Å². The maximum absolute atomic E-state index is 10.5. The van der Waals surface area contributed by atoms with Gasteiger partial charge in [-0.2, -0.15) is 0 Å². The lowest BCUT2D eigenvalue weighted by atomic mass is 9.76. The third-order valence-corrected chi connectivity index (χ3v) is 5.45. The van der Waals surface area contributed by atoms with Crippen molar-refractivity contribution >= 4 is 8.07 Å². The van der Waals surface area contributed by atoms with Gasteiger partial charge in [-0.05, 0) is 17.5 Å². The van der Waals surface area contributed by atoms with Crippen molar-refractivity contribution in [3.05, 3.63) is 71.8 Å². The van der Waals surface area contributed by atoms with E-state index in [2.05, 4.69) is 19.6 Å². The normalized spacial score (nSPS) is 15.6. The predicted octanol–water partition coefficient (Wildman–Crippen LogP) is 3.93. The van der Waals surface area contributed by atoms with Gasteiger partial charge in [0.2, 0.25) is 0 Å². The quantitative estimate of drug-likeness (QED) is 0.668. The molecule has 0 aliphatic carbocycles. The number of rotatable bonds is 9. The fourth-order valence-corrected chi connectivity index (χ4v) is 3.87. The summed E-state index contributed by atoms with van der Waals surface area (Å²) in [6, 6.07) is 20.0. The van der Waals surface area contributed by atoms with Crippen molar-refractivity contribution in [2.45, 2.75) is 37.6 Å². The lowest BCUT2D eigenvalue weighted by molar-refractivity contribution is -0.0924. The van der Waals surface area contributed by atoms with Crippen molar-refractivity contribution in [1.29, 1.82) is 0 Å². The highest BCUT2D eigenvalue weighted by Gasteiger charge is 2.42. The largest absolute Gasteiger partial charge is 0.396 e. The molecule has 0 unspecified atom stereocenters. The van der Waals surface area contributed by atoms with Crippen LogP contribution in [0.5, 0.6) is 0 Å². The van der Waals surface area contributed by atoms with Crippen molar-refractivity contribution in [3.8, 4) is 0 Å². The van der Waals surface area contributed by atoms with Crippen molar-refractivity contribution in [2.75, 3.05) is 19.4 Å². The van der Waals surface area contributed by atoms with Crippen LogP contribution in [0.15, 0.2) is 60.7 Å². The van der Waals surface area contributed by atoms with Crippen LogP contribution < -0.4 is 0 Å². The van der Waals surface area contributed by atoms with Crippen LogP contribution >= 0.6 is 0 Å². The van der Waals surface area contributed by atoms with E-state index in [1.165, 1.54) is 0 Å². The monoisotopic (exact) mass is 358 g/mol. The summed E-state index contributed by atoms with van der Waals surface area (Å²) in [6.07, 6.45) is 1.18. The first-order valence-electron chi connectivity index (χ1n) is 8.89. The first-order valence-corrected chi connectivity index (χ1v) is 12.6. The van der Waals surface area contributed by atoms with Gasteiger partial charge < -0.3 is 14.9 Å². The van der Waals surface area contributed by atoms with E-state index in [1.54, 1.807) is 0 Å². The van der Waals surface area contributed by atoms with E-state index < -0.39 is 13.7 Å². The molecule has 0 radical (unpaired) electrons. The summed E-state index contributed by atoms with van der Waals surface area (Å²) in [6.45, 7) is 6.68. The second-order valence-corrected chi connectivity index (χ2v) is 13.1. The number of benzene rings is 2. The van der Waals surface area contributed by atoms with Crippen LogP contribution in [0.4, 0.5) is 0 Å². The van der Waals surface area contributed by atoms with E-state index in [1.807, 2.05) is 60.7 Å². The number of aliphatic hydroxyl groups is 2. The summed E-state index contributed by atoms with van der Waals surface area (Å²) >= 11 is 0. The van der Waals surface area contributed by atoms with Crippen LogP contribution in [0.2, 0.25) is 19.6 Å². The minimum absolute atomic E-state index is 0.0461. The van der Waals surface area contributed by atoms with Crippen LogP contribution in [-0.2, 0) is 10.3 Å². The van der Waals surface area contributed by atoms with Gasteiger partial charge in [0.25, 0.3) is 0 Å². The Bertz CT molecular complexity index is 625. The molecule has 0 amide bonds. The Kier molecular flexibility index (Phi) is 6.96. The minimum atomic E-state index is -1.48. The topological polar surface area (TPSA) is 49.7 Å². The van der Waals surface area contributed by atoms with Crippen LogP contribution in [0.25, 0.3) is 0 Å². The number of hydrogen-bond acceptors (Lipinski definition) is 3. The number of hydrogen-bond donors (Lipinski definition) is 2. The molecular weight excluding hydrogens is 328 g/mol. The minimum Gasteiger partial charge on any atom is -0.396 e. The lowest BCUT2D eigenvalue weighted by Crippen LogP contribution is -2.45. The molecule has 0 aromatic heterocycles. The summed E-state index contributed by atoms with van der Waals surface area (Å²) < 4.78 is 6.50. The summed E-state index contributed by atoms with van der Waals surface area (Å²) in [5.74, 6) is -0.123. The Morgan fingerprint density at radius 1 is 0.920 bits per heavy atom. The molecule has 2 aromatic carbocycles. The van der Waals surface area contributed by atoms with Gasteiger partial charge in [-0.25, -0.2) is 0 Å². The first-order chi connectivity index (χ1) is 11.9. The van der Waals surface area contributed by atoms with Gasteiger partial charge in [0, 0.05) is 18.8 Å². The predicted molar refractivity (Wildman–Crippen MR) is 105 cm³/mol. The molecule has 0 saturated carbocycles. The fourth-order valence-electron chi connectivity index (χ4n) is 3.18. The van der Waals surface area contributed by atoms with E-state index in [4.69, 9.17) is 4.74 Å². The summed E-state index contributed by atoms with van der Waals surface area (Å²) in [4.78, 5) is 0. The van der Waals surface area contributed by atoms with Gasteiger partial charge in [-0.1, -0.05) is 80.3 Å². The third-order valence-electron chi connectivity index (χ3n) is 4.44. The second-order valence-electron chi connectivity index (χ2n) is 7.74. The number of aliphatic hydroxyl groups excluding tert-OH is 2. The molecule has 0 aliphatic rings. The highest BCUT2D eigenvalue weighted by Crippen LogP contribution is 2.42. The lowest BCUT2D eigenvalue weighted by Gasteiger charge is -2.41. The standard InChI is InChI=1S/C21H30O3Si/c1-25(2,3)17-24-21(16-23,19-12-8-5-9-13-19)20(14-15-22)18-10-6-4-7-11-18/h4-13,20,22-23H,14-17H2,1-3H3/t20-,21+/m0/s1. The van der Waals surface area contributed by atoms with Gasteiger partial charge in [-0.3, -0.25) is 0 Å². The molecule has 4 heteroatoms. The average molecular weight is 359 g/mol. The Morgan fingerprint density at radius 3 is 1.96 bits per heavy atom. The third kappa shape index (κ3) is 5.01. The van der Waals surface area contributed by atoms with E-state index >= 15 is 0 Å². The van der Waals surface area contributed by atoms with Crippen molar-refractivity contribution in [3.63, 3.8) is 0 Å². The first kappa shape index (κ1) is 19.9. The zero-order valence-corrected chi connectivity index (χ0v) is 16.5. The van der Waals surface area contributed by atoms with Gasteiger partial charge in [0.15, 0.2) is 0 Å². The van der Waals surface area contributed by atoms with E-state index in [0.29, 0.717) is 12.7 Å². The van der Waals surface area contributed by atoms with Crippen molar-refractivity contribution in [1.82, 2.24) is 0 Å². The SMILES string of the molecule is C[Si](C)(C)CO[C@](CO)(c1ccccc1)[C@@H](CCO)c1ccccc1. The molecule has 0 spiro atoms. The van der Waals surface area contributed by atoms with E-state index in [9.17, 15) is 10.2 Å². The van der Waals surface area contributed by atoms with Crippen LogP contribution in [0.3, 0.4) is 0 Å². The average Bonchev–Trinajstić information content (AvgIpc) is 2.62. The van der Waals surface area contributed by atoms with Crippen molar-refractivity contribution < 1.29 is 14.9 Å². The molecule has 0 saturated heterocycles. The molecule has 3 nitrogen and oxygen atoms in total. The summed E-state index contributed by atoms with van der Waals surface area (Å²) in [5, 5.41) is 20.2. The smallest absolute Gasteiger partial charge is 0.122 e. The number of ether oxygens (including phenoxy) is 1. The Morgan fingerprint density at radius 2 is 1.48 bits per heavy atom. The molecule has 2 N–H and O–H groups in total. The Balaban J connectivity index is 2.54. The summed E-state index contributed by atoms with van der Waals surface area (Å²) in [5.41, 5.74) is 1.18. The molecule has 0 heterocycles. The highest BCUT2D eigenvalue weighted by atomic mass is 28.3. The Hall–Kier alpha value is -1.46. The molecule has 25 heavy (non-hydrogen) atoms. The maximum Gasteiger partial charge on any atom is 0.122 e. The maximum atomic E-state index is 10.5. The molecule has 0 aliphatic heterocycles. The van der Waals surface area contributed by atoms with Gasteiger partial charge in [0.1, 0.15) is 5.60 Å². The highest BCUT2D eigenvalue weighted by molar-refractivity contribution is 6.76. The van der Waals surface area contributed by atoms with E-state index in [0.717, 1.165) is 11.1 Å². The molecule has 2 rings (SSSR count). The Labute approximate surface area is 152 Å². The fraction of sp³-hybridized carbons (Fsp3) is 0.429. The molecule has 2 aromatic rings. The second kappa shape index (κ2) is 8.76. The molecule has 2 atom stereocenters. The van der Waals surface area contributed by atoms with Gasteiger partial charge in [-0.15, -0.1) is 0 Å². The zero-order valence-electron chi connectivity index (χ0n) is 15.5. The molecule has 0 bridgehead atoms. The van der Waals surface area contributed by atoms with E-state index in [-0.39, 0.29) is 19.1 Å². The molecule has 136 valence electrons. The molecular formula is C21H30O3Si.